The van der Waals surface area contributed by atoms with Crippen LogP contribution in [0.25, 0.3) is 21.7 Å². The zero-order valence-electron chi connectivity index (χ0n) is 8.81. The number of halogens is 1. The minimum atomic E-state index is 0.412. The van der Waals surface area contributed by atoms with Crippen LogP contribution in [0, 0.1) is 11.3 Å². The molecule has 17 heavy (non-hydrogen) atoms. The number of nitrogens with zero attached hydrogens (tertiary/aromatic N) is 2. The van der Waals surface area contributed by atoms with Crippen LogP contribution >= 0.6 is 11.6 Å². The molecule has 0 saturated carbocycles. The van der Waals surface area contributed by atoms with E-state index in [-0.39, 0.29) is 0 Å². The van der Waals surface area contributed by atoms with E-state index in [1.54, 1.807) is 0 Å². The number of hydrogen-bond acceptors (Lipinski definition) is 2. The standard InChI is InChI=1S/C14H7ClN2/c15-13-10(7-16)8-17-14-11-4-2-1-3-9(11)5-6-12(13)14/h1-6,8H. The second kappa shape index (κ2) is 3.73. The van der Waals surface area contributed by atoms with Crippen molar-refractivity contribution in [2.45, 2.75) is 0 Å². The Hall–Kier alpha value is -2.11. The fraction of sp³-hybridized carbons (Fsp3) is 0. The number of pyridine rings is 1. The van der Waals surface area contributed by atoms with Crippen molar-refractivity contribution in [2.75, 3.05) is 0 Å². The van der Waals surface area contributed by atoms with E-state index in [0.717, 1.165) is 21.7 Å². The summed E-state index contributed by atoms with van der Waals surface area (Å²) in [6, 6.07) is 13.9. The van der Waals surface area contributed by atoms with Crippen LogP contribution < -0.4 is 0 Å². The Kier molecular flexibility index (Phi) is 2.21. The average molecular weight is 239 g/mol. The number of hydrogen-bond donors (Lipinski definition) is 0. The summed E-state index contributed by atoms with van der Waals surface area (Å²) in [5, 5.41) is 12.4. The van der Waals surface area contributed by atoms with Gasteiger partial charge in [0.1, 0.15) is 6.07 Å². The molecule has 0 saturated heterocycles. The second-order valence-electron chi connectivity index (χ2n) is 3.78. The molecule has 0 amide bonds. The van der Waals surface area contributed by atoms with Gasteiger partial charge in [0.15, 0.2) is 0 Å². The Morgan fingerprint density at radius 1 is 1.06 bits per heavy atom. The molecule has 0 N–H and O–H groups in total. The molecule has 0 bridgehead atoms. The Labute approximate surface area is 103 Å². The van der Waals surface area contributed by atoms with Crippen LogP contribution in [0.4, 0.5) is 0 Å². The maximum atomic E-state index is 8.92. The molecule has 3 heteroatoms. The first kappa shape index (κ1) is 10.1. The third kappa shape index (κ3) is 1.44. The van der Waals surface area contributed by atoms with Gasteiger partial charge >= 0.3 is 0 Å². The van der Waals surface area contributed by atoms with Crippen molar-refractivity contribution in [3.63, 3.8) is 0 Å². The highest BCUT2D eigenvalue weighted by molar-refractivity contribution is 6.37. The molecule has 3 aromatic rings. The van der Waals surface area contributed by atoms with Gasteiger partial charge in [-0.3, -0.25) is 4.98 Å². The van der Waals surface area contributed by atoms with Gasteiger partial charge in [0.05, 0.1) is 16.1 Å². The van der Waals surface area contributed by atoms with Crippen molar-refractivity contribution in [3.8, 4) is 6.07 Å². The first-order valence-corrected chi connectivity index (χ1v) is 5.55. The monoisotopic (exact) mass is 238 g/mol. The molecular weight excluding hydrogens is 232 g/mol. The summed E-state index contributed by atoms with van der Waals surface area (Å²) in [6.07, 6.45) is 1.52. The fourth-order valence-electron chi connectivity index (χ4n) is 1.98. The van der Waals surface area contributed by atoms with E-state index in [4.69, 9.17) is 16.9 Å². The molecular formula is C14H7ClN2. The Bertz CT molecular complexity index is 772. The van der Waals surface area contributed by atoms with Crippen molar-refractivity contribution in [1.29, 1.82) is 5.26 Å². The van der Waals surface area contributed by atoms with Gasteiger partial charge in [0, 0.05) is 17.0 Å². The smallest absolute Gasteiger partial charge is 0.102 e. The molecule has 0 spiro atoms. The van der Waals surface area contributed by atoms with Gasteiger partial charge in [0.2, 0.25) is 0 Å². The average Bonchev–Trinajstić information content (AvgIpc) is 2.39. The lowest BCUT2D eigenvalue weighted by Gasteiger charge is -2.05. The second-order valence-corrected chi connectivity index (χ2v) is 4.16. The fourth-order valence-corrected chi connectivity index (χ4v) is 2.22. The van der Waals surface area contributed by atoms with Crippen molar-refractivity contribution in [1.82, 2.24) is 4.98 Å². The molecule has 2 nitrogen and oxygen atoms in total. The van der Waals surface area contributed by atoms with Crippen LogP contribution in [0.3, 0.4) is 0 Å². The van der Waals surface area contributed by atoms with E-state index in [0.29, 0.717) is 10.6 Å². The van der Waals surface area contributed by atoms with E-state index in [1.807, 2.05) is 42.5 Å². The quantitative estimate of drug-likeness (QED) is 0.557. The summed E-state index contributed by atoms with van der Waals surface area (Å²) < 4.78 is 0. The van der Waals surface area contributed by atoms with E-state index in [9.17, 15) is 0 Å². The molecule has 0 atom stereocenters. The van der Waals surface area contributed by atoms with Crippen LogP contribution in [0.5, 0.6) is 0 Å². The Balaban J connectivity index is 2.54. The van der Waals surface area contributed by atoms with Crippen LogP contribution in [-0.2, 0) is 0 Å². The highest BCUT2D eigenvalue weighted by atomic mass is 35.5. The topological polar surface area (TPSA) is 36.7 Å². The molecule has 80 valence electrons. The SMILES string of the molecule is N#Cc1cnc2c(ccc3ccccc32)c1Cl. The lowest BCUT2D eigenvalue weighted by Crippen LogP contribution is -1.86. The van der Waals surface area contributed by atoms with Gasteiger partial charge in [-0.05, 0) is 5.39 Å². The summed E-state index contributed by atoms with van der Waals surface area (Å²) >= 11 is 6.18. The largest absolute Gasteiger partial charge is 0.254 e. The van der Waals surface area contributed by atoms with Crippen molar-refractivity contribution < 1.29 is 0 Å². The van der Waals surface area contributed by atoms with Crippen LogP contribution in [0.2, 0.25) is 5.02 Å². The van der Waals surface area contributed by atoms with E-state index < -0.39 is 0 Å². The summed E-state index contributed by atoms with van der Waals surface area (Å²) in [5.41, 5.74) is 1.25. The minimum absolute atomic E-state index is 0.412. The highest BCUT2D eigenvalue weighted by Gasteiger charge is 2.08. The first-order chi connectivity index (χ1) is 8.31. The van der Waals surface area contributed by atoms with Gasteiger partial charge in [0.25, 0.3) is 0 Å². The Morgan fingerprint density at radius 3 is 2.71 bits per heavy atom. The van der Waals surface area contributed by atoms with Crippen LogP contribution in [0.15, 0.2) is 42.6 Å². The van der Waals surface area contributed by atoms with Gasteiger partial charge in [-0.2, -0.15) is 5.26 Å². The van der Waals surface area contributed by atoms with E-state index in [2.05, 4.69) is 4.98 Å². The van der Waals surface area contributed by atoms with Crippen LogP contribution in [-0.4, -0.2) is 4.98 Å². The summed E-state index contributed by atoms with van der Waals surface area (Å²) in [7, 11) is 0. The zero-order valence-corrected chi connectivity index (χ0v) is 9.57. The molecule has 2 aromatic carbocycles. The van der Waals surface area contributed by atoms with Gasteiger partial charge in [-0.15, -0.1) is 0 Å². The van der Waals surface area contributed by atoms with E-state index >= 15 is 0 Å². The summed E-state index contributed by atoms with van der Waals surface area (Å²) in [6.45, 7) is 0. The van der Waals surface area contributed by atoms with E-state index in [1.165, 1.54) is 6.20 Å². The predicted octanol–water partition coefficient (Wildman–Crippen LogP) is 3.91. The number of fused-ring (bicyclic) bond motifs is 3. The maximum Gasteiger partial charge on any atom is 0.102 e. The van der Waals surface area contributed by atoms with Gasteiger partial charge < -0.3 is 0 Å². The summed E-state index contributed by atoms with van der Waals surface area (Å²) in [5.74, 6) is 0. The molecule has 0 aliphatic heterocycles. The van der Waals surface area contributed by atoms with Crippen molar-refractivity contribution in [3.05, 3.63) is 53.2 Å². The van der Waals surface area contributed by atoms with Gasteiger partial charge in [-0.1, -0.05) is 48.0 Å². The molecule has 0 aliphatic carbocycles. The molecule has 0 fully saturated rings. The molecule has 0 aliphatic rings. The molecule has 0 radical (unpaired) electrons. The predicted molar refractivity (Wildman–Crippen MR) is 69.0 cm³/mol. The normalized spacial score (nSPS) is 10.6. The number of benzene rings is 2. The molecule has 1 aromatic heterocycles. The molecule has 1 heterocycles. The third-order valence-electron chi connectivity index (χ3n) is 2.82. The summed E-state index contributed by atoms with van der Waals surface area (Å²) in [4.78, 5) is 4.33. The molecule has 0 unspecified atom stereocenters. The molecule has 3 rings (SSSR count). The number of aromatic nitrogens is 1. The van der Waals surface area contributed by atoms with Crippen molar-refractivity contribution >= 4 is 33.3 Å². The van der Waals surface area contributed by atoms with Crippen LogP contribution in [0.1, 0.15) is 5.56 Å². The zero-order chi connectivity index (χ0) is 11.8. The first-order valence-electron chi connectivity index (χ1n) is 5.17. The van der Waals surface area contributed by atoms with Gasteiger partial charge in [-0.25, -0.2) is 0 Å². The Morgan fingerprint density at radius 2 is 1.88 bits per heavy atom. The lowest BCUT2D eigenvalue weighted by atomic mass is 10.1. The number of rotatable bonds is 0. The maximum absolute atomic E-state index is 8.92. The van der Waals surface area contributed by atoms with Crippen molar-refractivity contribution in [2.24, 2.45) is 0 Å². The lowest BCUT2D eigenvalue weighted by molar-refractivity contribution is 1.38. The highest BCUT2D eigenvalue weighted by Crippen LogP contribution is 2.30. The minimum Gasteiger partial charge on any atom is -0.254 e. The third-order valence-corrected chi connectivity index (χ3v) is 3.22. The number of nitriles is 1.